The molecule has 0 bridgehead atoms. The van der Waals surface area contributed by atoms with E-state index < -0.39 is 0 Å². The Kier molecular flexibility index (Phi) is 9.57. The van der Waals surface area contributed by atoms with Crippen LogP contribution in [0.3, 0.4) is 0 Å². The summed E-state index contributed by atoms with van der Waals surface area (Å²) >= 11 is 0. The van der Waals surface area contributed by atoms with Gasteiger partial charge in [0.1, 0.15) is 0 Å². The molecule has 0 atom stereocenters. The van der Waals surface area contributed by atoms with Crippen LogP contribution in [-0.2, 0) is 0 Å². The molecule has 292 valence electrons. The van der Waals surface area contributed by atoms with Gasteiger partial charge in [-0.15, -0.1) is 0 Å². The lowest BCUT2D eigenvalue weighted by Gasteiger charge is -2.28. The first-order chi connectivity index (χ1) is 30.7. The molecule has 11 aromatic carbocycles. The first kappa shape index (κ1) is 36.8. The average Bonchev–Trinajstić information content (AvgIpc) is 3.35. The summed E-state index contributed by atoms with van der Waals surface area (Å²) in [7, 11) is 0. The third-order valence-corrected chi connectivity index (χ3v) is 12.0. The maximum atomic E-state index is 2.42. The molecule has 0 fully saturated rings. The molecule has 0 aliphatic carbocycles. The zero-order chi connectivity index (χ0) is 41.2. The first-order valence-corrected chi connectivity index (χ1v) is 21.2. The Hall–Kier alpha value is -8.20. The van der Waals surface area contributed by atoms with Gasteiger partial charge in [-0.25, -0.2) is 0 Å². The molecule has 0 N–H and O–H groups in total. The minimum atomic E-state index is 1.09. The molecule has 11 rings (SSSR count). The van der Waals surface area contributed by atoms with Gasteiger partial charge in [0.25, 0.3) is 0 Å². The van der Waals surface area contributed by atoms with Gasteiger partial charge in [0.05, 0.1) is 11.4 Å². The molecule has 0 unspecified atom stereocenters. The maximum absolute atomic E-state index is 2.42. The van der Waals surface area contributed by atoms with Gasteiger partial charge in [-0.3, -0.25) is 0 Å². The van der Waals surface area contributed by atoms with Crippen molar-refractivity contribution < 1.29 is 0 Å². The van der Waals surface area contributed by atoms with E-state index in [-0.39, 0.29) is 0 Å². The summed E-state index contributed by atoms with van der Waals surface area (Å²) in [5.74, 6) is 0. The molecule has 0 spiro atoms. The van der Waals surface area contributed by atoms with E-state index in [1.165, 1.54) is 54.6 Å². The lowest BCUT2D eigenvalue weighted by Crippen LogP contribution is -2.11. The highest BCUT2D eigenvalue weighted by Crippen LogP contribution is 2.44. The highest BCUT2D eigenvalue weighted by Gasteiger charge is 2.19. The summed E-state index contributed by atoms with van der Waals surface area (Å²) in [6, 6.07) is 92.2. The van der Waals surface area contributed by atoms with Gasteiger partial charge in [-0.05, 0) is 122 Å². The van der Waals surface area contributed by atoms with Crippen molar-refractivity contribution in [3.63, 3.8) is 0 Å². The second-order valence-electron chi connectivity index (χ2n) is 15.8. The van der Waals surface area contributed by atoms with Crippen molar-refractivity contribution in [2.24, 2.45) is 0 Å². The zero-order valence-corrected chi connectivity index (χ0v) is 34.1. The number of anilines is 6. The molecule has 0 aromatic heterocycles. The minimum Gasteiger partial charge on any atom is -0.310 e. The number of rotatable bonds is 9. The van der Waals surface area contributed by atoms with Gasteiger partial charge in [0.2, 0.25) is 0 Å². The summed E-state index contributed by atoms with van der Waals surface area (Å²) in [5.41, 5.74) is 13.7. The first-order valence-electron chi connectivity index (χ1n) is 21.2. The minimum absolute atomic E-state index is 1.09. The molecule has 0 radical (unpaired) electrons. The van der Waals surface area contributed by atoms with Crippen molar-refractivity contribution in [2.45, 2.75) is 0 Å². The van der Waals surface area contributed by atoms with E-state index in [4.69, 9.17) is 0 Å². The summed E-state index contributed by atoms with van der Waals surface area (Å²) in [4.78, 5) is 4.80. The largest absolute Gasteiger partial charge is 0.310 e. The van der Waals surface area contributed by atoms with Crippen LogP contribution in [0.15, 0.2) is 255 Å². The van der Waals surface area contributed by atoms with Gasteiger partial charge in [0.15, 0.2) is 0 Å². The van der Waals surface area contributed by atoms with Crippen LogP contribution in [0.2, 0.25) is 0 Å². The Morgan fingerprint density at radius 3 is 1.10 bits per heavy atom. The van der Waals surface area contributed by atoms with Gasteiger partial charge >= 0.3 is 0 Å². The summed E-state index contributed by atoms with van der Waals surface area (Å²) in [6.07, 6.45) is 0. The maximum Gasteiger partial charge on any atom is 0.0540 e. The molecule has 0 aliphatic heterocycles. The SMILES string of the molecule is c1ccc(-c2cc(-c3ccccc3)cc(N(c3ccc(-c4ccc(N(c5ccc6ccccc6c5)c5cccc6ccccc56)cc4)cc3)c3cccc4ccccc34)c2)cc1. The molecule has 11 aromatic rings. The second kappa shape index (κ2) is 16.1. The third-order valence-electron chi connectivity index (χ3n) is 12.0. The van der Waals surface area contributed by atoms with Crippen molar-refractivity contribution in [3.8, 4) is 33.4 Å². The molecule has 0 heterocycles. The fourth-order valence-corrected chi connectivity index (χ4v) is 8.92. The van der Waals surface area contributed by atoms with Gasteiger partial charge in [0, 0.05) is 33.5 Å². The average molecular weight is 791 g/mol. The number of fused-ring (bicyclic) bond motifs is 3. The fraction of sp³-hybridized carbons (Fsp3) is 0. The van der Waals surface area contributed by atoms with Crippen LogP contribution in [0.1, 0.15) is 0 Å². The van der Waals surface area contributed by atoms with E-state index in [1.54, 1.807) is 0 Å². The Labute approximate surface area is 362 Å². The van der Waals surface area contributed by atoms with E-state index in [2.05, 4.69) is 265 Å². The molecule has 2 heteroatoms. The van der Waals surface area contributed by atoms with Gasteiger partial charge in [-0.1, -0.05) is 188 Å². The predicted octanol–water partition coefficient (Wildman–Crippen LogP) is 17.1. The molecule has 2 nitrogen and oxygen atoms in total. The van der Waals surface area contributed by atoms with Gasteiger partial charge in [-0.2, -0.15) is 0 Å². The molecule has 62 heavy (non-hydrogen) atoms. The number of nitrogens with zero attached hydrogens (tertiary/aromatic N) is 2. The van der Waals surface area contributed by atoms with Gasteiger partial charge < -0.3 is 9.80 Å². The van der Waals surface area contributed by atoms with Crippen LogP contribution in [0.25, 0.3) is 65.7 Å². The smallest absolute Gasteiger partial charge is 0.0540 e. The Bertz CT molecular complexity index is 3270. The van der Waals surface area contributed by atoms with E-state index in [9.17, 15) is 0 Å². The molecule has 0 amide bonds. The Morgan fingerprint density at radius 2 is 0.581 bits per heavy atom. The van der Waals surface area contributed by atoms with Crippen LogP contribution < -0.4 is 9.80 Å². The monoisotopic (exact) mass is 790 g/mol. The molecular formula is C60H42N2. The quantitative estimate of drug-likeness (QED) is 0.144. The van der Waals surface area contributed by atoms with E-state index in [0.717, 1.165) is 45.3 Å². The van der Waals surface area contributed by atoms with Crippen LogP contribution in [0.5, 0.6) is 0 Å². The highest BCUT2D eigenvalue weighted by atomic mass is 15.1. The van der Waals surface area contributed by atoms with Crippen molar-refractivity contribution in [1.82, 2.24) is 0 Å². The molecular weight excluding hydrogens is 749 g/mol. The number of benzene rings is 11. The Morgan fingerprint density at radius 1 is 0.194 bits per heavy atom. The predicted molar refractivity (Wildman–Crippen MR) is 265 cm³/mol. The fourth-order valence-electron chi connectivity index (χ4n) is 8.92. The zero-order valence-electron chi connectivity index (χ0n) is 34.1. The van der Waals surface area contributed by atoms with Crippen molar-refractivity contribution in [2.75, 3.05) is 9.80 Å². The highest BCUT2D eigenvalue weighted by molar-refractivity contribution is 6.01. The van der Waals surface area contributed by atoms with Crippen molar-refractivity contribution in [1.29, 1.82) is 0 Å². The molecule has 0 saturated heterocycles. The molecule has 0 saturated carbocycles. The summed E-state index contributed by atoms with van der Waals surface area (Å²) in [5, 5.41) is 7.27. The second-order valence-corrected chi connectivity index (χ2v) is 15.8. The van der Waals surface area contributed by atoms with Crippen LogP contribution in [0, 0.1) is 0 Å². The van der Waals surface area contributed by atoms with Crippen LogP contribution in [0.4, 0.5) is 34.1 Å². The summed E-state index contributed by atoms with van der Waals surface area (Å²) in [6.45, 7) is 0. The molecule has 0 aliphatic rings. The van der Waals surface area contributed by atoms with Crippen molar-refractivity contribution in [3.05, 3.63) is 255 Å². The standard InChI is InChI=1S/C60H42N2/c1-3-15-43(16-4-1)51-39-52(44-17-5-2-6-18-44)42-56(41-51)62(60-28-14-24-49-21-10-12-26-58(49)60)54-36-31-47(32-37-54)46-29-34-53(35-30-46)61(55-38-33-45-19-7-8-22-50(45)40-55)59-27-13-23-48-20-9-11-25-57(48)59/h1-42H. The summed E-state index contributed by atoms with van der Waals surface area (Å²) < 4.78 is 0. The van der Waals surface area contributed by atoms with E-state index >= 15 is 0 Å². The Balaban J connectivity index is 1.01. The van der Waals surface area contributed by atoms with E-state index in [0.29, 0.717) is 0 Å². The normalized spacial score (nSPS) is 11.2. The lowest BCUT2D eigenvalue weighted by molar-refractivity contribution is 1.29. The van der Waals surface area contributed by atoms with Crippen LogP contribution in [-0.4, -0.2) is 0 Å². The number of hydrogen-bond acceptors (Lipinski definition) is 2. The number of hydrogen-bond donors (Lipinski definition) is 0. The van der Waals surface area contributed by atoms with Crippen LogP contribution >= 0.6 is 0 Å². The van der Waals surface area contributed by atoms with Crippen molar-refractivity contribution >= 4 is 66.4 Å². The lowest BCUT2D eigenvalue weighted by atomic mass is 9.96. The topological polar surface area (TPSA) is 6.48 Å². The third kappa shape index (κ3) is 7.04. The van der Waals surface area contributed by atoms with E-state index in [1.807, 2.05) is 0 Å².